The van der Waals surface area contributed by atoms with Crippen LogP contribution in [0.5, 0.6) is 0 Å². The summed E-state index contributed by atoms with van der Waals surface area (Å²) in [6.07, 6.45) is 4.12. The molecule has 3 N–H and O–H groups in total. The van der Waals surface area contributed by atoms with E-state index in [1.807, 2.05) is 115 Å². The number of hydrogen-bond acceptors (Lipinski definition) is 6. The van der Waals surface area contributed by atoms with Crippen molar-refractivity contribution < 1.29 is 19.2 Å². The third kappa shape index (κ3) is 6.93. The van der Waals surface area contributed by atoms with Crippen molar-refractivity contribution in [1.82, 2.24) is 20.0 Å². The Hall–Kier alpha value is -7.91. The maximum Gasteiger partial charge on any atom is 0.363 e. The average Bonchev–Trinajstić information content (AvgIpc) is 4.09. The minimum absolute atomic E-state index is 0.0125. The maximum absolute atomic E-state index is 13.0. The highest BCUT2D eigenvalue weighted by molar-refractivity contribution is 6.03. The van der Waals surface area contributed by atoms with Gasteiger partial charge in [0.15, 0.2) is 0 Å². The van der Waals surface area contributed by atoms with Crippen molar-refractivity contribution in [1.29, 1.82) is 5.41 Å². The molecule has 0 unspecified atom stereocenters. The summed E-state index contributed by atoms with van der Waals surface area (Å²) in [4.78, 5) is 54.9. The number of amides is 2. The molecule has 5 heterocycles. The largest absolute Gasteiger partial charge is 0.363 e. The first-order valence-electron chi connectivity index (χ1n) is 18.9. The lowest BCUT2D eigenvalue weighted by atomic mass is 10.0. The first-order valence-corrected chi connectivity index (χ1v) is 18.9. The van der Waals surface area contributed by atoms with Crippen molar-refractivity contribution in [2.24, 2.45) is 0 Å². The van der Waals surface area contributed by atoms with Crippen LogP contribution in [0, 0.1) is 5.41 Å². The number of imide groups is 1. The molecule has 0 saturated carbocycles. The Morgan fingerprint density at radius 3 is 1.52 bits per heavy atom. The number of nitrogens with one attached hydrogen (secondary N) is 3. The van der Waals surface area contributed by atoms with E-state index < -0.39 is 17.8 Å². The van der Waals surface area contributed by atoms with E-state index in [4.69, 9.17) is 9.82 Å². The van der Waals surface area contributed by atoms with Crippen molar-refractivity contribution in [3.05, 3.63) is 180 Å². The Labute approximate surface area is 333 Å². The second-order valence-electron chi connectivity index (χ2n) is 13.9. The summed E-state index contributed by atoms with van der Waals surface area (Å²) < 4.78 is 0. The van der Waals surface area contributed by atoms with E-state index >= 15 is 0 Å². The van der Waals surface area contributed by atoms with Crippen molar-refractivity contribution >= 4 is 52.0 Å². The second-order valence-corrected chi connectivity index (χ2v) is 13.9. The van der Waals surface area contributed by atoms with Gasteiger partial charge in [-0.05, 0) is 76.9 Å². The van der Waals surface area contributed by atoms with Crippen molar-refractivity contribution in [3.8, 4) is 44.5 Å². The van der Waals surface area contributed by atoms with Crippen LogP contribution in [0.3, 0.4) is 0 Å². The molecule has 0 aliphatic carbocycles. The number of carbonyl (C=O) groups excluding carboxylic acids is 3. The molecule has 58 heavy (non-hydrogen) atoms. The van der Waals surface area contributed by atoms with Crippen LogP contribution in [0.15, 0.2) is 158 Å². The summed E-state index contributed by atoms with van der Waals surface area (Å²) in [6.45, 7) is 0. The molecule has 1 fully saturated rings. The smallest absolute Gasteiger partial charge is 0.354 e. The van der Waals surface area contributed by atoms with Gasteiger partial charge in [-0.25, -0.2) is 9.78 Å². The van der Waals surface area contributed by atoms with Gasteiger partial charge in [0, 0.05) is 57.2 Å². The van der Waals surface area contributed by atoms with Crippen LogP contribution in [0.2, 0.25) is 0 Å². The molecule has 7 aromatic rings. The van der Waals surface area contributed by atoms with Gasteiger partial charge >= 0.3 is 5.97 Å². The van der Waals surface area contributed by atoms with Crippen LogP contribution >= 0.6 is 0 Å². The second kappa shape index (κ2) is 15.3. The van der Waals surface area contributed by atoms with Crippen LogP contribution in [0.25, 0.3) is 78.7 Å². The van der Waals surface area contributed by atoms with Crippen LogP contribution in [0.1, 0.15) is 34.6 Å². The van der Waals surface area contributed by atoms with Gasteiger partial charge in [0.25, 0.3) is 11.8 Å². The van der Waals surface area contributed by atoms with E-state index in [1.165, 1.54) is 0 Å². The van der Waals surface area contributed by atoms with Gasteiger partial charge < -0.3 is 20.2 Å². The summed E-state index contributed by atoms with van der Waals surface area (Å²) in [5.74, 6) is -1.89. The molecule has 2 amide bonds. The Kier molecular flexibility index (Phi) is 9.45. The van der Waals surface area contributed by atoms with Gasteiger partial charge in [0.1, 0.15) is 0 Å². The zero-order chi connectivity index (χ0) is 39.6. The first-order chi connectivity index (χ1) is 28.4. The van der Waals surface area contributed by atoms with Gasteiger partial charge in [-0.3, -0.25) is 9.59 Å². The lowest BCUT2D eigenvalue weighted by Gasteiger charge is -2.12. The molecule has 3 aromatic heterocycles. The number of benzene rings is 4. The minimum Gasteiger partial charge on any atom is -0.354 e. The number of aromatic nitrogens is 3. The predicted molar refractivity (Wildman–Crippen MR) is 226 cm³/mol. The van der Waals surface area contributed by atoms with Gasteiger partial charge in [0.2, 0.25) is 0 Å². The highest BCUT2D eigenvalue weighted by Gasteiger charge is 2.33. The molecule has 0 radical (unpaired) electrons. The standard InChI is InChI=1S/C49H35N5O4/c50-37-18-10-17-36(31-19-21-35(22-20-31)49(57)58-54-44(55)29-30-45(54)56)38-23-24-40(51-38)47(33-13-6-2-7-14-33)42-27-28-43(53-42)48(34-15-8-3-9-16-34)41-26-25-39(52-41)46(37)32-11-4-1-5-12-32/h1-28,50-52H,29-30H2. The number of hydroxylamine groups is 2. The fraction of sp³-hybridized carbons (Fsp3) is 0.0408. The van der Waals surface area contributed by atoms with E-state index in [9.17, 15) is 19.8 Å². The minimum atomic E-state index is -0.804. The normalized spacial score (nSPS) is 12.8. The Balaban J connectivity index is 1.31. The fourth-order valence-electron chi connectivity index (χ4n) is 7.42. The summed E-state index contributed by atoms with van der Waals surface area (Å²) in [5.41, 5.74) is 12.1. The monoisotopic (exact) mass is 757 g/mol. The van der Waals surface area contributed by atoms with E-state index in [2.05, 4.69) is 34.2 Å². The van der Waals surface area contributed by atoms with Crippen molar-refractivity contribution in [2.75, 3.05) is 0 Å². The molecular weight excluding hydrogens is 723 g/mol. The Morgan fingerprint density at radius 2 is 0.983 bits per heavy atom. The third-order valence-corrected chi connectivity index (χ3v) is 10.2. The first kappa shape index (κ1) is 35.8. The van der Waals surface area contributed by atoms with Crippen LogP contribution in [0.4, 0.5) is 0 Å². The number of aromatic amines is 2. The predicted octanol–water partition coefficient (Wildman–Crippen LogP) is 10.1. The number of fused-ring (bicyclic) bond motifs is 6. The van der Waals surface area contributed by atoms with E-state index in [0.29, 0.717) is 10.4 Å². The molecular formula is C49H35N5O4. The Morgan fingerprint density at radius 1 is 0.517 bits per heavy atom. The molecule has 2 aliphatic rings. The lowest BCUT2D eigenvalue weighted by Crippen LogP contribution is -2.32. The average molecular weight is 758 g/mol. The zero-order valence-corrected chi connectivity index (χ0v) is 31.1. The number of carbonyl (C=O) groups is 3. The van der Waals surface area contributed by atoms with Crippen LogP contribution in [-0.4, -0.2) is 37.8 Å². The number of hydrogen-bond donors (Lipinski definition) is 3. The van der Waals surface area contributed by atoms with Gasteiger partial charge in [-0.15, -0.1) is 5.06 Å². The third-order valence-electron chi connectivity index (χ3n) is 10.2. The molecule has 0 atom stereocenters. The van der Waals surface area contributed by atoms with Crippen molar-refractivity contribution in [2.45, 2.75) is 12.8 Å². The lowest BCUT2D eigenvalue weighted by molar-refractivity contribution is -0.172. The highest BCUT2D eigenvalue weighted by atomic mass is 16.7. The molecule has 6 bridgehead atoms. The van der Waals surface area contributed by atoms with Crippen LogP contribution in [-0.2, 0) is 14.4 Å². The van der Waals surface area contributed by atoms with Gasteiger partial charge in [-0.2, -0.15) is 0 Å². The molecule has 9 nitrogen and oxygen atoms in total. The van der Waals surface area contributed by atoms with Gasteiger partial charge in [-0.1, -0.05) is 115 Å². The molecule has 280 valence electrons. The number of rotatable bonds is 6. The Bertz CT molecular complexity index is 2970. The maximum atomic E-state index is 13.0. The van der Waals surface area contributed by atoms with Crippen molar-refractivity contribution in [3.63, 3.8) is 0 Å². The molecule has 0 spiro atoms. The highest BCUT2D eigenvalue weighted by Crippen LogP contribution is 2.35. The molecule has 9 heteroatoms. The summed E-state index contributed by atoms with van der Waals surface area (Å²) >= 11 is 0. The zero-order valence-electron chi connectivity index (χ0n) is 31.1. The quantitative estimate of drug-likeness (QED) is 0.145. The topological polar surface area (TPSA) is 132 Å². The molecule has 1 saturated heterocycles. The van der Waals surface area contributed by atoms with E-state index in [1.54, 1.807) is 30.3 Å². The van der Waals surface area contributed by atoms with E-state index in [-0.39, 0.29) is 18.4 Å². The summed E-state index contributed by atoms with van der Waals surface area (Å²) in [7, 11) is 0. The van der Waals surface area contributed by atoms with E-state index in [0.717, 1.165) is 78.0 Å². The molecule has 9 rings (SSSR count). The molecule has 2 aliphatic heterocycles. The number of nitrogens with zero attached hydrogens (tertiary/aromatic N) is 2. The number of H-pyrrole nitrogens is 2. The summed E-state index contributed by atoms with van der Waals surface area (Å²) in [6, 6.07) is 50.6. The van der Waals surface area contributed by atoms with Gasteiger partial charge in [0.05, 0.1) is 22.3 Å². The SMILES string of the molecule is N=c1cccc(-c2ccc(C(=O)ON3C(=O)CCC3=O)cc2)c2ccc([nH]2)c(-c2ccccc2)c2nc(c(-c3ccccc3)c3ccc([nH]3)c1-c1ccccc1)C=C2. The summed E-state index contributed by atoms with van der Waals surface area (Å²) in [5, 5.41) is 10.3. The fourth-order valence-corrected chi connectivity index (χ4v) is 7.42. The van der Waals surface area contributed by atoms with Crippen LogP contribution < -0.4 is 5.36 Å². The molecule has 4 aromatic carbocycles.